The number of benzene rings is 1. The van der Waals surface area contributed by atoms with Gasteiger partial charge in [0.1, 0.15) is 5.82 Å². The fourth-order valence-electron chi connectivity index (χ4n) is 3.99. The maximum absolute atomic E-state index is 12.7. The number of nitrogens with one attached hydrogen (secondary N) is 1. The molecule has 1 aromatic carbocycles. The lowest BCUT2D eigenvalue weighted by molar-refractivity contribution is -0.0886. The Morgan fingerprint density at radius 2 is 2.00 bits per heavy atom. The van der Waals surface area contributed by atoms with Crippen LogP contribution in [0.2, 0.25) is 0 Å². The van der Waals surface area contributed by atoms with E-state index in [1.165, 1.54) is 6.08 Å². The van der Waals surface area contributed by atoms with Gasteiger partial charge >= 0.3 is 12.2 Å². The van der Waals surface area contributed by atoms with Crippen LogP contribution in [0.3, 0.4) is 0 Å². The summed E-state index contributed by atoms with van der Waals surface area (Å²) in [6, 6.07) is 9.28. The van der Waals surface area contributed by atoms with E-state index in [9.17, 15) is 18.0 Å². The zero-order valence-electron chi connectivity index (χ0n) is 16.6. The third kappa shape index (κ3) is 4.13. The van der Waals surface area contributed by atoms with Gasteiger partial charge in [-0.25, -0.2) is 9.78 Å². The highest BCUT2D eigenvalue weighted by molar-refractivity contribution is 5.92. The Hall–Kier alpha value is -3.03. The van der Waals surface area contributed by atoms with E-state index in [1.54, 1.807) is 11.1 Å². The lowest BCUT2D eigenvalue weighted by atomic mass is 10.0. The first-order valence-corrected chi connectivity index (χ1v) is 9.94. The topological polar surface area (TPSA) is 48.5 Å². The van der Waals surface area contributed by atoms with Crippen molar-refractivity contribution in [1.82, 2.24) is 15.2 Å². The van der Waals surface area contributed by atoms with Gasteiger partial charge in [0, 0.05) is 37.3 Å². The van der Waals surface area contributed by atoms with E-state index in [0.717, 1.165) is 28.7 Å². The van der Waals surface area contributed by atoms with Gasteiger partial charge in [0.25, 0.3) is 0 Å². The normalized spacial score (nSPS) is 22.2. The zero-order valence-corrected chi connectivity index (χ0v) is 16.6. The van der Waals surface area contributed by atoms with Crippen LogP contribution in [0.4, 0.5) is 23.8 Å². The molecule has 1 aliphatic carbocycles. The molecule has 2 heterocycles. The molecule has 1 saturated heterocycles. The van der Waals surface area contributed by atoms with Crippen molar-refractivity contribution < 1.29 is 18.0 Å². The minimum absolute atomic E-state index is 0.0617. The molecule has 1 unspecified atom stereocenters. The van der Waals surface area contributed by atoms with Crippen molar-refractivity contribution in [3.63, 3.8) is 0 Å². The molecule has 2 aliphatic rings. The van der Waals surface area contributed by atoms with Crippen LogP contribution in [0.1, 0.15) is 13.3 Å². The van der Waals surface area contributed by atoms with E-state index in [4.69, 9.17) is 0 Å². The molecule has 1 fully saturated rings. The number of fused-ring (bicyclic) bond motifs is 1. The van der Waals surface area contributed by atoms with Crippen LogP contribution >= 0.6 is 0 Å². The fraction of sp³-hybridized carbons (Fsp3) is 0.364. The predicted octanol–water partition coefficient (Wildman–Crippen LogP) is 4.27. The highest BCUT2D eigenvalue weighted by Crippen LogP contribution is 2.30. The number of pyridine rings is 1. The van der Waals surface area contributed by atoms with E-state index in [2.05, 4.69) is 15.2 Å². The molecule has 5 nitrogen and oxygen atoms in total. The summed E-state index contributed by atoms with van der Waals surface area (Å²) in [5.74, 6) is 0.903. The van der Waals surface area contributed by atoms with Crippen LogP contribution in [-0.2, 0) is 0 Å². The number of aromatic nitrogens is 1. The number of carbonyl (C=O) groups excluding carboxylic acids is 1. The molecule has 1 aromatic heterocycles. The number of rotatable bonds is 2. The first kappa shape index (κ1) is 20.3. The van der Waals surface area contributed by atoms with E-state index in [-0.39, 0.29) is 18.5 Å². The fourth-order valence-corrected chi connectivity index (χ4v) is 3.99. The first-order chi connectivity index (χ1) is 14.3. The second-order valence-corrected chi connectivity index (χ2v) is 7.65. The Bertz CT molecular complexity index is 996. The summed E-state index contributed by atoms with van der Waals surface area (Å²) in [6.07, 6.45) is 1.12. The van der Waals surface area contributed by atoms with Crippen LogP contribution in [0.5, 0.6) is 0 Å². The number of alkyl halides is 3. The Kier molecular flexibility index (Phi) is 5.40. The summed E-state index contributed by atoms with van der Waals surface area (Å²) in [5.41, 5.74) is -0.669. The average molecular weight is 416 g/mol. The summed E-state index contributed by atoms with van der Waals surface area (Å²) < 4.78 is 38.2. The van der Waals surface area contributed by atoms with Gasteiger partial charge in [0.05, 0.1) is 11.6 Å². The highest BCUT2D eigenvalue weighted by atomic mass is 19.4. The number of piperazine rings is 1. The van der Waals surface area contributed by atoms with Gasteiger partial charge in [-0.15, -0.1) is 0 Å². The van der Waals surface area contributed by atoms with Crippen LogP contribution in [0.15, 0.2) is 60.3 Å². The Morgan fingerprint density at radius 1 is 1.20 bits per heavy atom. The van der Waals surface area contributed by atoms with Crippen molar-refractivity contribution in [2.45, 2.75) is 31.6 Å². The second kappa shape index (κ2) is 8.01. The van der Waals surface area contributed by atoms with Gasteiger partial charge in [0.15, 0.2) is 0 Å². The number of hydrogen-bond acceptors (Lipinski definition) is 3. The number of hydrogen-bond donors (Lipinski definition) is 1. The summed E-state index contributed by atoms with van der Waals surface area (Å²) in [6.45, 7) is 3.75. The number of nitrogens with zero attached hydrogens (tertiary/aromatic N) is 3. The third-order valence-electron chi connectivity index (χ3n) is 5.58. The predicted molar refractivity (Wildman–Crippen MR) is 110 cm³/mol. The van der Waals surface area contributed by atoms with Crippen LogP contribution in [0, 0.1) is 0 Å². The van der Waals surface area contributed by atoms with Gasteiger partial charge in [-0.1, -0.05) is 42.5 Å². The van der Waals surface area contributed by atoms with Crippen molar-refractivity contribution in [3.05, 3.63) is 60.3 Å². The minimum Gasteiger partial charge on any atom is -0.352 e. The Labute approximate surface area is 172 Å². The Morgan fingerprint density at radius 3 is 2.70 bits per heavy atom. The first-order valence-electron chi connectivity index (χ1n) is 9.94. The summed E-state index contributed by atoms with van der Waals surface area (Å²) >= 11 is 0. The monoisotopic (exact) mass is 416 g/mol. The minimum atomic E-state index is -4.36. The molecule has 0 spiro atoms. The van der Waals surface area contributed by atoms with Crippen LogP contribution < -0.4 is 10.2 Å². The SMILES string of the molecule is C[C@@H]1CN(c2nccc3ccccc23)CCN1C(=O)NC1C=CC(C(F)(F)F)=CC1. The number of anilines is 1. The molecule has 1 N–H and O–H groups in total. The molecule has 2 aromatic rings. The molecule has 0 radical (unpaired) electrons. The molecule has 2 amide bonds. The van der Waals surface area contributed by atoms with Crippen molar-refractivity contribution in [1.29, 1.82) is 0 Å². The molecular formula is C22H23F3N4O. The van der Waals surface area contributed by atoms with E-state index in [1.807, 2.05) is 37.3 Å². The van der Waals surface area contributed by atoms with Gasteiger partial charge in [-0.2, -0.15) is 13.2 Å². The summed E-state index contributed by atoms with van der Waals surface area (Å²) in [7, 11) is 0. The molecule has 4 rings (SSSR count). The number of carbonyl (C=O) groups is 1. The second-order valence-electron chi connectivity index (χ2n) is 7.65. The van der Waals surface area contributed by atoms with Gasteiger partial charge in [-0.05, 0) is 24.8 Å². The largest absolute Gasteiger partial charge is 0.416 e. The van der Waals surface area contributed by atoms with E-state index >= 15 is 0 Å². The average Bonchev–Trinajstić information content (AvgIpc) is 2.73. The van der Waals surface area contributed by atoms with Gasteiger partial charge < -0.3 is 15.1 Å². The standard InChI is InChI=1S/C22H23F3N4O/c1-15-14-28(20-19-5-3-2-4-16(19)10-11-26-20)12-13-29(15)21(30)27-18-8-6-17(7-9-18)22(23,24)25/h2-8,10-11,15,18H,9,12-14H2,1H3,(H,27,30)/t15-,18?/m1/s1. The van der Waals surface area contributed by atoms with Gasteiger partial charge in [-0.3, -0.25) is 0 Å². The maximum Gasteiger partial charge on any atom is 0.416 e. The number of amides is 2. The van der Waals surface area contributed by atoms with E-state index < -0.39 is 17.8 Å². The smallest absolute Gasteiger partial charge is 0.352 e. The van der Waals surface area contributed by atoms with Crippen molar-refractivity contribution in [3.8, 4) is 0 Å². The quantitative estimate of drug-likeness (QED) is 0.795. The number of halogens is 3. The van der Waals surface area contributed by atoms with Gasteiger partial charge in [0.2, 0.25) is 0 Å². The van der Waals surface area contributed by atoms with Crippen molar-refractivity contribution >= 4 is 22.6 Å². The number of urea groups is 1. The Balaban J connectivity index is 1.38. The lowest BCUT2D eigenvalue weighted by Crippen LogP contribution is -2.57. The number of allylic oxidation sites excluding steroid dienone is 2. The van der Waals surface area contributed by atoms with Crippen molar-refractivity contribution in [2.24, 2.45) is 0 Å². The van der Waals surface area contributed by atoms with E-state index in [0.29, 0.717) is 19.6 Å². The van der Waals surface area contributed by atoms with Crippen LogP contribution in [0.25, 0.3) is 10.8 Å². The highest BCUT2D eigenvalue weighted by Gasteiger charge is 2.34. The molecule has 30 heavy (non-hydrogen) atoms. The maximum atomic E-state index is 12.7. The molecule has 8 heteroatoms. The molecule has 0 bridgehead atoms. The van der Waals surface area contributed by atoms with Crippen LogP contribution in [-0.4, -0.2) is 53.8 Å². The van der Waals surface area contributed by atoms with Crippen molar-refractivity contribution in [2.75, 3.05) is 24.5 Å². The zero-order chi connectivity index (χ0) is 21.3. The molecule has 158 valence electrons. The summed E-state index contributed by atoms with van der Waals surface area (Å²) in [5, 5.41) is 5.02. The molecule has 0 saturated carbocycles. The lowest BCUT2D eigenvalue weighted by Gasteiger charge is -2.41. The summed E-state index contributed by atoms with van der Waals surface area (Å²) in [4.78, 5) is 21.2. The molecular weight excluding hydrogens is 393 g/mol. The third-order valence-corrected chi connectivity index (χ3v) is 5.58. The molecule has 1 aliphatic heterocycles. The molecule has 2 atom stereocenters.